The summed E-state index contributed by atoms with van der Waals surface area (Å²) in [6.07, 6.45) is -0.140. The van der Waals surface area contributed by atoms with Crippen molar-refractivity contribution < 1.29 is 28.7 Å². The fourth-order valence-corrected chi connectivity index (χ4v) is 3.95. The number of nitrogens with one attached hydrogen (secondary N) is 2. The highest BCUT2D eigenvalue weighted by Gasteiger charge is 2.44. The fourth-order valence-electron chi connectivity index (χ4n) is 3.95. The summed E-state index contributed by atoms with van der Waals surface area (Å²) in [7, 11) is 0. The van der Waals surface area contributed by atoms with E-state index in [2.05, 4.69) is 10.6 Å². The SMILES string of the molecule is CCOC(=O)CCNC(=O)C(c1ccccc1C)N(C(=O)C(NC(=O)OC(C)(C)C)C(C)C)C(C)(C)CC. The van der Waals surface area contributed by atoms with Gasteiger partial charge in [0.2, 0.25) is 11.8 Å². The molecule has 2 N–H and O–H groups in total. The van der Waals surface area contributed by atoms with Crippen LogP contribution in [0.4, 0.5) is 4.79 Å². The molecule has 9 nitrogen and oxygen atoms in total. The molecule has 1 rings (SSSR count). The summed E-state index contributed by atoms with van der Waals surface area (Å²) < 4.78 is 10.4. The third kappa shape index (κ3) is 9.65. The number of carbonyl (C=O) groups excluding carboxylic acids is 4. The average molecular weight is 534 g/mol. The van der Waals surface area contributed by atoms with E-state index in [1.54, 1.807) is 32.6 Å². The van der Waals surface area contributed by atoms with Gasteiger partial charge in [0.25, 0.3) is 0 Å². The van der Waals surface area contributed by atoms with Crippen molar-refractivity contribution in [2.45, 2.75) is 105 Å². The van der Waals surface area contributed by atoms with E-state index in [9.17, 15) is 19.2 Å². The van der Waals surface area contributed by atoms with Crippen LogP contribution in [0.2, 0.25) is 0 Å². The van der Waals surface area contributed by atoms with E-state index in [1.165, 1.54) is 0 Å². The smallest absolute Gasteiger partial charge is 0.408 e. The van der Waals surface area contributed by atoms with E-state index < -0.39 is 47.1 Å². The van der Waals surface area contributed by atoms with Crippen LogP contribution in [-0.2, 0) is 23.9 Å². The van der Waals surface area contributed by atoms with E-state index in [-0.39, 0.29) is 25.5 Å². The molecule has 0 fully saturated rings. The van der Waals surface area contributed by atoms with E-state index in [0.29, 0.717) is 12.0 Å². The van der Waals surface area contributed by atoms with Gasteiger partial charge in [-0.2, -0.15) is 0 Å². The molecule has 38 heavy (non-hydrogen) atoms. The molecule has 0 saturated carbocycles. The number of hydrogen-bond donors (Lipinski definition) is 2. The van der Waals surface area contributed by atoms with Crippen molar-refractivity contribution in [2.75, 3.05) is 13.2 Å². The van der Waals surface area contributed by atoms with Gasteiger partial charge in [0, 0.05) is 12.1 Å². The number of ether oxygens (including phenoxy) is 2. The number of hydrogen-bond acceptors (Lipinski definition) is 6. The molecule has 0 radical (unpaired) electrons. The number of aryl methyl sites for hydroxylation is 1. The predicted octanol–water partition coefficient (Wildman–Crippen LogP) is 4.67. The zero-order valence-corrected chi connectivity index (χ0v) is 24.8. The Bertz CT molecular complexity index is 967. The lowest BCUT2D eigenvalue weighted by Crippen LogP contribution is -2.60. The molecule has 3 amide bonds. The van der Waals surface area contributed by atoms with Crippen molar-refractivity contribution in [1.29, 1.82) is 0 Å². The minimum Gasteiger partial charge on any atom is -0.466 e. The maximum atomic E-state index is 14.3. The Morgan fingerprint density at radius 1 is 1.00 bits per heavy atom. The van der Waals surface area contributed by atoms with Gasteiger partial charge in [-0.05, 0) is 71.9 Å². The zero-order chi connectivity index (χ0) is 29.3. The first-order valence-electron chi connectivity index (χ1n) is 13.4. The van der Waals surface area contributed by atoms with Gasteiger partial charge in [0.15, 0.2) is 0 Å². The molecule has 0 aliphatic rings. The second-order valence-corrected chi connectivity index (χ2v) is 11.3. The molecule has 0 aromatic heterocycles. The largest absolute Gasteiger partial charge is 0.466 e. The number of esters is 1. The molecule has 2 unspecified atom stereocenters. The first-order chi connectivity index (χ1) is 17.6. The molecule has 0 heterocycles. The van der Waals surface area contributed by atoms with Crippen LogP contribution in [0.5, 0.6) is 0 Å². The van der Waals surface area contributed by atoms with Gasteiger partial charge in [0.05, 0.1) is 13.0 Å². The van der Waals surface area contributed by atoms with E-state index in [0.717, 1.165) is 5.56 Å². The Balaban J connectivity index is 3.54. The molecule has 0 spiro atoms. The Hall–Kier alpha value is -3.10. The minimum atomic E-state index is -0.998. The van der Waals surface area contributed by atoms with Gasteiger partial charge in [-0.15, -0.1) is 0 Å². The molecule has 0 aliphatic carbocycles. The van der Waals surface area contributed by atoms with Gasteiger partial charge in [-0.3, -0.25) is 14.4 Å². The lowest BCUT2D eigenvalue weighted by molar-refractivity contribution is -0.150. The molecule has 214 valence electrons. The van der Waals surface area contributed by atoms with Gasteiger partial charge in [-0.25, -0.2) is 4.79 Å². The Kier molecular flexibility index (Phi) is 12.3. The molecular formula is C29H47N3O6. The third-order valence-corrected chi connectivity index (χ3v) is 6.28. The van der Waals surface area contributed by atoms with Crippen molar-refractivity contribution in [3.8, 4) is 0 Å². The first kappa shape index (κ1) is 32.9. The molecule has 0 saturated heterocycles. The van der Waals surface area contributed by atoms with Crippen molar-refractivity contribution in [3.05, 3.63) is 35.4 Å². The highest BCUT2D eigenvalue weighted by molar-refractivity contribution is 5.93. The second kappa shape index (κ2) is 14.2. The quantitative estimate of drug-likeness (QED) is 0.378. The van der Waals surface area contributed by atoms with Gasteiger partial charge < -0.3 is 25.0 Å². The number of rotatable bonds is 12. The average Bonchev–Trinajstić information content (AvgIpc) is 2.79. The second-order valence-electron chi connectivity index (χ2n) is 11.3. The van der Waals surface area contributed by atoms with Crippen LogP contribution < -0.4 is 10.6 Å². The summed E-state index contributed by atoms with van der Waals surface area (Å²) in [5.41, 5.74) is 0.00451. The van der Waals surface area contributed by atoms with Gasteiger partial charge >= 0.3 is 12.1 Å². The normalized spacial score (nSPS) is 13.3. The molecule has 1 aromatic rings. The van der Waals surface area contributed by atoms with Gasteiger partial charge in [0.1, 0.15) is 17.7 Å². The third-order valence-electron chi connectivity index (χ3n) is 6.28. The number of amides is 3. The lowest BCUT2D eigenvalue weighted by Gasteiger charge is -2.45. The number of carbonyl (C=O) groups is 4. The fraction of sp³-hybridized carbons (Fsp3) is 0.655. The summed E-state index contributed by atoms with van der Waals surface area (Å²) in [6.45, 7) is 18.6. The minimum absolute atomic E-state index is 0.0139. The maximum Gasteiger partial charge on any atom is 0.408 e. The van der Waals surface area contributed by atoms with Crippen LogP contribution in [0.3, 0.4) is 0 Å². The van der Waals surface area contributed by atoms with Crippen LogP contribution in [0.1, 0.15) is 92.3 Å². The highest BCUT2D eigenvalue weighted by Crippen LogP contribution is 2.34. The molecular weight excluding hydrogens is 486 g/mol. The van der Waals surface area contributed by atoms with E-state index in [4.69, 9.17) is 9.47 Å². The topological polar surface area (TPSA) is 114 Å². The Labute approximate surface area is 228 Å². The Morgan fingerprint density at radius 2 is 1.61 bits per heavy atom. The van der Waals surface area contributed by atoms with Crippen LogP contribution in [-0.4, -0.2) is 59.1 Å². The lowest BCUT2D eigenvalue weighted by atomic mass is 9.89. The van der Waals surface area contributed by atoms with Crippen LogP contribution in [0, 0.1) is 12.8 Å². The van der Waals surface area contributed by atoms with Gasteiger partial charge in [-0.1, -0.05) is 45.0 Å². The number of alkyl carbamates (subject to hydrolysis) is 1. The summed E-state index contributed by atoms with van der Waals surface area (Å²) in [4.78, 5) is 54.2. The van der Waals surface area contributed by atoms with E-state index >= 15 is 0 Å². The van der Waals surface area contributed by atoms with Crippen LogP contribution in [0.15, 0.2) is 24.3 Å². The molecule has 0 aliphatic heterocycles. The first-order valence-corrected chi connectivity index (χ1v) is 13.4. The molecule has 9 heteroatoms. The van der Waals surface area contributed by atoms with E-state index in [1.807, 2.05) is 65.8 Å². The molecule has 2 atom stereocenters. The van der Waals surface area contributed by atoms with Crippen molar-refractivity contribution >= 4 is 23.9 Å². The number of benzene rings is 1. The van der Waals surface area contributed by atoms with Crippen LogP contribution >= 0.6 is 0 Å². The standard InChI is InChI=1S/C29H47N3O6/c1-11-29(9,10)32(26(35)23(19(3)4)31-27(36)38-28(6,7)8)24(21-16-14-13-15-20(21)5)25(34)30-18-17-22(33)37-12-2/h13-16,19,23-24H,11-12,17-18H2,1-10H3,(H,30,34)(H,31,36). The maximum absolute atomic E-state index is 14.3. The number of nitrogens with zero attached hydrogens (tertiary/aromatic N) is 1. The monoisotopic (exact) mass is 533 g/mol. The van der Waals surface area contributed by atoms with Crippen LogP contribution in [0.25, 0.3) is 0 Å². The highest BCUT2D eigenvalue weighted by atomic mass is 16.6. The molecule has 1 aromatic carbocycles. The summed E-state index contributed by atoms with van der Waals surface area (Å²) in [6, 6.07) is 5.46. The zero-order valence-electron chi connectivity index (χ0n) is 24.8. The van der Waals surface area contributed by atoms with Crippen molar-refractivity contribution in [3.63, 3.8) is 0 Å². The Morgan fingerprint density at radius 3 is 2.11 bits per heavy atom. The summed E-state index contributed by atoms with van der Waals surface area (Å²) >= 11 is 0. The predicted molar refractivity (Wildman–Crippen MR) is 147 cm³/mol. The summed E-state index contributed by atoms with van der Waals surface area (Å²) in [5.74, 6) is -1.51. The summed E-state index contributed by atoms with van der Waals surface area (Å²) in [5, 5.41) is 5.56. The molecule has 0 bridgehead atoms. The van der Waals surface area contributed by atoms with Crippen molar-refractivity contribution in [2.24, 2.45) is 5.92 Å². The van der Waals surface area contributed by atoms with Crippen molar-refractivity contribution in [1.82, 2.24) is 15.5 Å².